The second kappa shape index (κ2) is 28.3. The Hall–Kier alpha value is -4.76. The maximum atomic E-state index is 14.2. The zero-order valence-electron chi connectivity index (χ0n) is 37.9. The second-order valence-corrected chi connectivity index (χ2v) is 17.8. The third-order valence-corrected chi connectivity index (χ3v) is 11.5. The molecule has 2 heterocycles. The number of nitrogens with zero attached hydrogens (tertiary/aromatic N) is 3. The number of carbonyl (C=O) groups is 6. The standard InChI is InChI=1S/C43H69N8O13P/c1-29(2)24-33(47-43(58)36-17-13-20-51(36)37(53)18-21-63-23-22-62-4)40(55)46-34(41(56)48-35(27-52)42(57)49-38(39(44)54)30(3)64-65(59,60)61)25-32-26-45-28-50(32)19-12-7-5-6-9-14-31-15-10-8-11-16-31/h8,10-11,15-16,26,28-30,33-36,38,52H,5-7,9,12-14,17-25,27H2,1-4H3,(H2,44,54)(H,46,55)(H,47,58)(H,48,56)(H,49,57)(H2,59,60,61)/t30-,33+,34+,35+,36+,38+/m1/s1. The van der Waals surface area contributed by atoms with Crippen molar-refractivity contribution in [2.45, 2.75) is 134 Å². The molecule has 9 N–H and O–H groups in total. The molecule has 0 spiro atoms. The maximum Gasteiger partial charge on any atom is 0.469 e. The molecular weight excluding hydrogens is 867 g/mol. The molecule has 1 aromatic carbocycles. The number of likely N-dealkylation sites (tertiary alicyclic amines) is 1. The van der Waals surface area contributed by atoms with Crippen LogP contribution in [-0.4, -0.2) is 141 Å². The van der Waals surface area contributed by atoms with Crippen LogP contribution in [0.4, 0.5) is 0 Å². The fourth-order valence-corrected chi connectivity index (χ4v) is 8.02. The first kappa shape index (κ1) is 54.6. The van der Waals surface area contributed by atoms with Gasteiger partial charge in [0.1, 0.15) is 30.2 Å². The Morgan fingerprint density at radius 3 is 2.20 bits per heavy atom. The first-order valence-electron chi connectivity index (χ1n) is 22.2. The molecule has 22 heteroatoms. The quantitative estimate of drug-likeness (QED) is 0.0380. The molecule has 6 amide bonds. The summed E-state index contributed by atoms with van der Waals surface area (Å²) in [6.07, 6.45) is 8.47. The summed E-state index contributed by atoms with van der Waals surface area (Å²) in [4.78, 5) is 105. The molecule has 0 unspecified atom stereocenters. The van der Waals surface area contributed by atoms with Crippen LogP contribution in [0.1, 0.15) is 89.8 Å². The van der Waals surface area contributed by atoms with Gasteiger partial charge < -0.3 is 60.8 Å². The van der Waals surface area contributed by atoms with Crippen molar-refractivity contribution in [1.29, 1.82) is 0 Å². The van der Waals surface area contributed by atoms with Gasteiger partial charge in [-0.1, -0.05) is 63.4 Å². The number of amides is 6. The Morgan fingerprint density at radius 2 is 1.54 bits per heavy atom. The fourth-order valence-electron chi connectivity index (χ4n) is 7.47. The van der Waals surface area contributed by atoms with Gasteiger partial charge in [-0.15, -0.1) is 0 Å². The van der Waals surface area contributed by atoms with Gasteiger partial charge in [0.05, 0.1) is 45.3 Å². The summed E-state index contributed by atoms with van der Waals surface area (Å²) in [6.45, 7) is 5.54. The highest BCUT2D eigenvalue weighted by Crippen LogP contribution is 2.38. The number of aryl methyl sites for hydroxylation is 2. The van der Waals surface area contributed by atoms with Gasteiger partial charge in [-0.2, -0.15) is 0 Å². The van der Waals surface area contributed by atoms with E-state index in [2.05, 4.69) is 42.9 Å². The van der Waals surface area contributed by atoms with Gasteiger partial charge >= 0.3 is 7.82 Å². The highest BCUT2D eigenvalue weighted by Gasteiger charge is 2.38. The molecule has 0 saturated carbocycles. The van der Waals surface area contributed by atoms with Gasteiger partial charge in [-0.25, -0.2) is 9.55 Å². The number of imidazole rings is 1. The average Bonchev–Trinajstić information content (AvgIpc) is 3.93. The largest absolute Gasteiger partial charge is 0.469 e. The predicted molar refractivity (Wildman–Crippen MR) is 237 cm³/mol. The number of primary amides is 1. The van der Waals surface area contributed by atoms with Gasteiger partial charge in [0, 0.05) is 38.5 Å². The van der Waals surface area contributed by atoms with Crippen molar-refractivity contribution in [3.63, 3.8) is 0 Å². The van der Waals surface area contributed by atoms with Crippen molar-refractivity contribution in [2.24, 2.45) is 11.7 Å². The fraction of sp³-hybridized carbons (Fsp3) is 0.651. The van der Waals surface area contributed by atoms with Crippen molar-refractivity contribution >= 4 is 43.3 Å². The van der Waals surface area contributed by atoms with Crippen molar-refractivity contribution in [3.05, 3.63) is 54.1 Å². The van der Waals surface area contributed by atoms with E-state index in [4.69, 9.17) is 15.2 Å². The molecule has 2 aromatic rings. The lowest BCUT2D eigenvalue weighted by atomic mass is 10.0. The summed E-state index contributed by atoms with van der Waals surface area (Å²) < 4.78 is 28.2. The summed E-state index contributed by atoms with van der Waals surface area (Å²) >= 11 is 0. The molecule has 1 aliphatic rings. The van der Waals surface area contributed by atoms with Crippen LogP contribution in [0.25, 0.3) is 0 Å². The number of methoxy groups -OCH3 is 1. The van der Waals surface area contributed by atoms with Gasteiger partial charge in [-0.3, -0.25) is 33.3 Å². The van der Waals surface area contributed by atoms with Crippen molar-refractivity contribution in [2.75, 3.05) is 40.1 Å². The van der Waals surface area contributed by atoms with E-state index >= 15 is 0 Å². The number of benzene rings is 1. The number of aromatic nitrogens is 2. The van der Waals surface area contributed by atoms with E-state index in [-0.39, 0.29) is 37.7 Å². The first-order valence-corrected chi connectivity index (χ1v) is 23.7. The number of hydrogen-bond donors (Lipinski definition) is 8. The number of nitrogens with one attached hydrogen (secondary N) is 4. The molecule has 3 rings (SSSR count). The SMILES string of the molecule is COCCOCCC(=O)N1CCC[C@H]1C(=O)N[C@@H](CC(C)C)C(=O)N[C@@H](Cc1cncn1CCCCCCCc1ccccc1)C(=O)N[C@@H](CO)C(=O)N[C@H](C(N)=O)[C@@H](C)OP(=O)(O)O. The summed E-state index contributed by atoms with van der Waals surface area (Å²) in [5.41, 5.74) is 7.23. The Kier molecular flexibility index (Phi) is 23.8. The minimum Gasteiger partial charge on any atom is -0.394 e. The van der Waals surface area contributed by atoms with E-state index < -0.39 is 80.3 Å². The lowest BCUT2D eigenvalue weighted by Crippen LogP contribution is -2.61. The molecule has 364 valence electrons. The lowest BCUT2D eigenvalue weighted by Gasteiger charge is -2.29. The third kappa shape index (κ3) is 19.7. The summed E-state index contributed by atoms with van der Waals surface area (Å²) in [6, 6.07) is 3.37. The number of aliphatic hydroxyl groups is 1. The zero-order valence-corrected chi connectivity index (χ0v) is 38.8. The second-order valence-electron chi connectivity index (χ2n) is 16.6. The number of nitrogens with two attached hydrogens (primary N) is 1. The molecule has 0 radical (unpaired) electrons. The van der Waals surface area contributed by atoms with Gasteiger partial charge in [0.25, 0.3) is 0 Å². The normalized spacial score (nSPS) is 16.3. The predicted octanol–water partition coefficient (Wildman–Crippen LogP) is 0.624. The molecule has 1 aromatic heterocycles. The summed E-state index contributed by atoms with van der Waals surface area (Å²) in [7, 11) is -3.58. The van der Waals surface area contributed by atoms with E-state index in [9.17, 15) is 48.2 Å². The van der Waals surface area contributed by atoms with Crippen LogP contribution in [0.2, 0.25) is 0 Å². The van der Waals surface area contributed by atoms with Crippen LogP contribution in [0.15, 0.2) is 42.9 Å². The number of hydrogen-bond acceptors (Lipinski definition) is 12. The van der Waals surface area contributed by atoms with Crippen LogP contribution >= 0.6 is 7.82 Å². The Bertz CT molecular complexity index is 1860. The lowest BCUT2D eigenvalue weighted by molar-refractivity contribution is -0.140. The van der Waals surface area contributed by atoms with Crippen molar-refractivity contribution in [3.8, 4) is 0 Å². The number of phosphoric acid groups is 1. The monoisotopic (exact) mass is 936 g/mol. The van der Waals surface area contributed by atoms with Crippen LogP contribution in [0.3, 0.4) is 0 Å². The molecular formula is C43H69N8O13P. The molecule has 1 saturated heterocycles. The average molecular weight is 937 g/mol. The van der Waals surface area contributed by atoms with Crippen LogP contribution < -0.4 is 27.0 Å². The minimum absolute atomic E-state index is 0.0573. The molecule has 1 fully saturated rings. The molecule has 65 heavy (non-hydrogen) atoms. The molecule has 0 aliphatic carbocycles. The number of aliphatic hydroxyl groups excluding tert-OH is 1. The van der Waals surface area contributed by atoms with E-state index in [0.29, 0.717) is 44.8 Å². The van der Waals surface area contributed by atoms with Crippen LogP contribution in [0.5, 0.6) is 0 Å². The number of phosphoric ester groups is 1. The molecule has 21 nitrogen and oxygen atoms in total. The topological polar surface area (TPSA) is 303 Å². The van der Waals surface area contributed by atoms with Crippen molar-refractivity contribution < 1.29 is 62.2 Å². The molecule has 0 bridgehead atoms. The Labute approximate surface area is 380 Å². The van der Waals surface area contributed by atoms with E-state index in [0.717, 1.165) is 45.4 Å². The first-order chi connectivity index (χ1) is 30.9. The highest BCUT2D eigenvalue weighted by molar-refractivity contribution is 7.46. The molecule has 6 atom stereocenters. The van der Waals surface area contributed by atoms with Crippen molar-refractivity contribution in [1.82, 2.24) is 35.7 Å². The van der Waals surface area contributed by atoms with E-state index in [1.807, 2.05) is 36.6 Å². The number of carbonyl (C=O) groups excluding carboxylic acids is 6. The van der Waals surface area contributed by atoms with E-state index in [1.54, 1.807) is 12.5 Å². The Balaban J connectivity index is 1.78. The van der Waals surface area contributed by atoms with Gasteiger partial charge in [0.15, 0.2) is 0 Å². The third-order valence-electron chi connectivity index (χ3n) is 10.9. The van der Waals surface area contributed by atoms with Crippen LogP contribution in [0, 0.1) is 5.92 Å². The van der Waals surface area contributed by atoms with Gasteiger partial charge in [0.2, 0.25) is 35.4 Å². The zero-order chi connectivity index (χ0) is 47.9. The maximum absolute atomic E-state index is 14.2. The molecule has 1 aliphatic heterocycles. The van der Waals surface area contributed by atoms with Crippen LogP contribution in [-0.2, 0) is 66.7 Å². The number of unbranched alkanes of at least 4 members (excludes halogenated alkanes) is 4. The smallest absolute Gasteiger partial charge is 0.394 e. The van der Waals surface area contributed by atoms with E-state index in [1.165, 1.54) is 17.6 Å². The highest BCUT2D eigenvalue weighted by atomic mass is 31.2. The van der Waals surface area contributed by atoms with Gasteiger partial charge in [-0.05, 0) is 56.9 Å². The minimum atomic E-state index is -5.12. The summed E-state index contributed by atoms with van der Waals surface area (Å²) in [5.74, 6) is -4.93. The Morgan fingerprint density at radius 1 is 0.877 bits per heavy atom. The number of rotatable bonds is 31. The summed E-state index contributed by atoms with van der Waals surface area (Å²) in [5, 5.41) is 20.3. The number of ether oxygens (including phenoxy) is 2.